The quantitative estimate of drug-likeness (QED) is 0.627. The summed E-state index contributed by atoms with van der Waals surface area (Å²) in [6.45, 7) is 0.206. The first-order chi connectivity index (χ1) is 10.2. The van der Waals surface area contributed by atoms with Gasteiger partial charge in [-0.05, 0) is 45.8 Å². The molecule has 4 rings (SSSR count). The number of fused-ring (bicyclic) bond motifs is 2. The SMILES string of the molecule is O=c1oc2c(Br)cccc2cc1-c1ccc2c(c1)OCO2. The lowest BCUT2D eigenvalue weighted by Crippen LogP contribution is -2.02. The molecule has 21 heavy (non-hydrogen) atoms. The summed E-state index contributed by atoms with van der Waals surface area (Å²) >= 11 is 3.38. The van der Waals surface area contributed by atoms with E-state index in [9.17, 15) is 4.79 Å². The van der Waals surface area contributed by atoms with Gasteiger partial charge in [-0.2, -0.15) is 0 Å². The van der Waals surface area contributed by atoms with Crippen LogP contribution in [0.5, 0.6) is 11.5 Å². The molecule has 104 valence electrons. The van der Waals surface area contributed by atoms with Crippen LogP contribution in [0.1, 0.15) is 0 Å². The lowest BCUT2D eigenvalue weighted by atomic mass is 10.1. The van der Waals surface area contributed by atoms with Crippen molar-refractivity contribution in [2.24, 2.45) is 0 Å². The molecule has 0 spiro atoms. The fourth-order valence-corrected chi connectivity index (χ4v) is 2.84. The third-order valence-electron chi connectivity index (χ3n) is 3.40. The van der Waals surface area contributed by atoms with Crippen molar-refractivity contribution in [3.05, 3.63) is 57.4 Å². The van der Waals surface area contributed by atoms with Gasteiger partial charge in [0.15, 0.2) is 17.1 Å². The number of halogens is 1. The van der Waals surface area contributed by atoms with Gasteiger partial charge in [-0.15, -0.1) is 0 Å². The van der Waals surface area contributed by atoms with Crippen LogP contribution >= 0.6 is 15.9 Å². The first kappa shape index (κ1) is 12.5. The van der Waals surface area contributed by atoms with Gasteiger partial charge < -0.3 is 13.9 Å². The van der Waals surface area contributed by atoms with Crippen LogP contribution in [0.25, 0.3) is 22.1 Å². The van der Waals surface area contributed by atoms with E-state index in [4.69, 9.17) is 13.9 Å². The van der Waals surface area contributed by atoms with Crippen molar-refractivity contribution in [1.82, 2.24) is 0 Å². The summed E-state index contributed by atoms with van der Waals surface area (Å²) in [5.74, 6) is 1.33. The Labute approximate surface area is 128 Å². The highest BCUT2D eigenvalue weighted by molar-refractivity contribution is 9.10. The Bertz CT molecular complexity index is 914. The van der Waals surface area contributed by atoms with E-state index in [0.717, 1.165) is 15.4 Å². The summed E-state index contributed by atoms with van der Waals surface area (Å²) in [4.78, 5) is 12.2. The Kier molecular flexibility index (Phi) is 2.75. The molecule has 2 aromatic carbocycles. The predicted octanol–water partition coefficient (Wildman–Crippen LogP) is 3.95. The number of hydrogen-bond acceptors (Lipinski definition) is 4. The first-order valence-corrected chi connectivity index (χ1v) is 7.14. The molecule has 0 fully saturated rings. The monoisotopic (exact) mass is 344 g/mol. The molecule has 1 aliphatic rings. The highest BCUT2D eigenvalue weighted by Gasteiger charge is 2.16. The van der Waals surface area contributed by atoms with Crippen LogP contribution in [0.4, 0.5) is 0 Å². The van der Waals surface area contributed by atoms with Crippen LogP contribution in [0.3, 0.4) is 0 Å². The number of rotatable bonds is 1. The van der Waals surface area contributed by atoms with Crippen molar-refractivity contribution in [1.29, 1.82) is 0 Å². The van der Waals surface area contributed by atoms with E-state index in [1.807, 2.05) is 30.3 Å². The highest BCUT2D eigenvalue weighted by Crippen LogP contribution is 2.36. The van der Waals surface area contributed by atoms with Gasteiger partial charge in [-0.3, -0.25) is 0 Å². The number of hydrogen-bond donors (Lipinski definition) is 0. The van der Waals surface area contributed by atoms with Gasteiger partial charge >= 0.3 is 5.63 Å². The summed E-state index contributed by atoms with van der Waals surface area (Å²) in [7, 11) is 0. The van der Waals surface area contributed by atoms with E-state index in [1.54, 1.807) is 12.1 Å². The number of benzene rings is 2. The van der Waals surface area contributed by atoms with E-state index in [-0.39, 0.29) is 12.4 Å². The first-order valence-electron chi connectivity index (χ1n) is 6.35. The van der Waals surface area contributed by atoms with E-state index in [1.165, 1.54) is 0 Å². The molecule has 2 heterocycles. The van der Waals surface area contributed by atoms with Crippen molar-refractivity contribution >= 4 is 26.9 Å². The average molecular weight is 345 g/mol. The molecule has 1 aliphatic heterocycles. The summed E-state index contributed by atoms with van der Waals surface area (Å²) in [5.41, 5.74) is 1.41. The summed E-state index contributed by atoms with van der Waals surface area (Å²) in [6, 6.07) is 12.9. The third kappa shape index (κ3) is 2.01. The van der Waals surface area contributed by atoms with Gasteiger partial charge in [0.1, 0.15) is 0 Å². The Morgan fingerprint density at radius 1 is 1.00 bits per heavy atom. The molecule has 5 heteroatoms. The molecule has 0 unspecified atom stereocenters. The maximum Gasteiger partial charge on any atom is 0.344 e. The van der Waals surface area contributed by atoms with Crippen LogP contribution in [0.15, 0.2) is 56.1 Å². The van der Waals surface area contributed by atoms with E-state index < -0.39 is 0 Å². The van der Waals surface area contributed by atoms with Gasteiger partial charge in [0, 0.05) is 5.39 Å². The average Bonchev–Trinajstić information content (AvgIpc) is 2.95. The molecular formula is C16H9BrO4. The van der Waals surface area contributed by atoms with Gasteiger partial charge in [0.2, 0.25) is 6.79 Å². The smallest absolute Gasteiger partial charge is 0.344 e. The molecule has 3 aromatic rings. The Hall–Kier alpha value is -2.27. The molecule has 0 N–H and O–H groups in total. The molecule has 1 aromatic heterocycles. The molecule has 0 saturated carbocycles. The molecular weight excluding hydrogens is 336 g/mol. The fourth-order valence-electron chi connectivity index (χ4n) is 2.37. The predicted molar refractivity (Wildman–Crippen MR) is 81.7 cm³/mol. The fraction of sp³-hybridized carbons (Fsp3) is 0.0625. The number of ether oxygens (including phenoxy) is 2. The van der Waals surface area contributed by atoms with Gasteiger partial charge in [0.05, 0.1) is 10.0 Å². The Morgan fingerprint density at radius 2 is 1.86 bits per heavy atom. The van der Waals surface area contributed by atoms with Gasteiger partial charge in [0.25, 0.3) is 0 Å². The van der Waals surface area contributed by atoms with Crippen molar-refractivity contribution < 1.29 is 13.9 Å². The van der Waals surface area contributed by atoms with Crippen LogP contribution in [-0.2, 0) is 0 Å². The van der Waals surface area contributed by atoms with Crippen LogP contribution in [0, 0.1) is 0 Å². The Balaban J connectivity index is 1.94. The zero-order chi connectivity index (χ0) is 14.4. The van der Waals surface area contributed by atoms with Gasteiger partial charge in [-0.1, -0.05) is 18.2 Å². The van der Waals surface area contributed by atoms with Crippen molar-refractivity contribution in [3.8, 4) is 22.6 Å². The van der Waals surface area contributed by atoms with E-state index in [2.05, 4.69) is 15.9 Å². The topological polar surface area (TPSA) is 48.7 Å². The standard InChI is InChI=1S/C16H9BrO4/c17-12-3-1-2-10-6-11(16(18)21-15(10)12)9-4-5-13-14(7-9)20-8-19-13/h1-7H,8H2. The zero-order valence-corrected chi connectivity index (χ0v) is 12.3. The maximum absolute atomic E-state index is 12.2. The summed E-state index contributed by atoms with van der Waals surface area (Å²) in [5, 5.41) is 0.858. The molecule has 0 atom stereocenters. The highest BCUT2D eigenvalue weighted by atomic mass is 79.9. The lowest BCUT2D eigenvalue weighted by Gasteiger charge is -2.04. The van der Waals surface area contributed by atoms with E-state index >= 15 is 0 Å². The summed E-state index contributed by atoms with van der Waals surface area (Å²) in [6.07, 6.45) is 0. The number of para-hydroxylation sites is 1. The van der Waals surface area contributed by atoms with Crippen LogP contribution in [-0.4, -0.2) is 6.79 Å². The second kappa shape index (κ2) is 4.63. The molecule has 0 amide bonds. The zero-order valence-electron chi connectivity index (χ0n) is 10.8. The summed E-state index contributed by atoms with van der Waals surface area (Å²) < 4.78 is 16.8. The van der Waals surface area contributed by atoms with Gasteiger partial charge in [-0.25, -0.2) is 4.79 Å². The second-order valence-corrected chi connectivity index (χ2v) is 5.53. The minimum absolute atomic E-state index is 0.206. The molecule has 4 nitrogen and oxygen atoms in total. The molecule has 0 bridgehead atoms. The van der Waals surface area contributed by atoms with Crippen LogP contribution < -0.4 is 15.1 Å². The van der Waals surface area contributed by atoms with Crippen molar-refractivity contribution in [2.45, 2.75) is 0 Å². The molecule has 0 saturated heterocycles. The Morgan fingerprint density at radius 3 is 2.76 bits per heavy atom. The normalized spacial score (nSPS) is 12.8. The van der Waals surface area contributed by atoms with Crippen molar-refractivity contribution in [2.75, 3.05) is 6.79 Å². The van der Waals surface area contributed by atoms with Crippen LogP contribution in [0.2, 0.25) is 0 Å². The molecule has 0 aliphatic carbocycles. The van der Waals surface area contributed by atoms with Crippen molar-refractivity contribution in [3.63, 3.8) is 0 Å². The lowest BCUT2D eigenvalue weighted by molar-refractivity contribution is 0.174. The minimum Gasteiger partial charge on any atom is -0.454 e. The second-order valence-electron chi connectivity index (χ2n) is 4.67. The maximum atomic E-state index is 12.2. The van der Waals surface area contributed by atoms with E-state index in [0.29, 0.717) is 22.6 Å². The third-order valence-corrected chi connectivity index (χ3v) is 4.02. The minimum atomic E-state index is -0.381. The largest absolute Gasteiger partial charge is 0.454 e. The molecule has 0 radical (unpaired) electrons.